The molecule has 0 radical (unpaired) electrons. The first-order valence-electron chi connectivity index (χ1n) is 12.9. The predicted octanol–water partition coefficient (Wildman–Crippen LogP) is 5.53. The van der Waals surface area contributed by atoms with Gasteiger partial charge < -0.3 is 15.5 Å². The summed E-state index contributed by atoms with van der Waals surface area (Å²) in [7, 11) is 0. The van der Waals surface area contributed by atoms with Gasteiger partial charge in [-0.2, -0.15) is 26.3 Å². The molecule has 2 fully saturated rings. The van der Waals surface area contributed by atoms with Gasteiger partial charge in [-0.25, -0.2) is 9.18 Å². The van der Waals surface area contributed by atoms with Crippen molar-refractivity contribution in [1.82, 2.24) is 20.4 Å². The van der Waals surface area contributed by atoms with Crippen molar-refractivity contribution in [3.05, 3.63) is 70.0 Å². The number of likely N-dealkylation sites (tertiary alicyclic amines) is 1. The van der Waals surface area contributed by atoms with Crippen LogP contribution in [-0.2, 0) is 18.8 Å². The Morgan fingerprint density at radius 3 is 2.21 bits per heavy atom. The Kier molecular flexibility index (Phi) is 8.75. The standard InChI is InChI=1S/C27H31F7N4O/c1-17-12-21(28)2-3-23(17)24-16-22(37-10-7-35-8-11-37)5-9-38(24)25(39)36-6-4-18-13-19(26(29,30)31)15-20(14-18)27(32,33)34/h2-3,12-15,22,24,35H,4-11,16H2,1H3,(H,36,39)/t22?,24-/m1/s1. The number of halogens is 7. The zero-order valence-corrected chi connectivity index (χ0v) is 21.4. The lowest BCUT2D eigenvalue weighted by Crippen LogP contribution is -2.54. The van der Waals surface area contributed by atoms with Crippen LogP contribution in [0.4, 0.5) is 35.5 Å². The van der Waals surface area contributed by atoms with Gasteiger partial charge in [0.15, 0.2) is 0 Å². The van der Waals surface area contributed by atoms with Crippen molar-refractivity contribution < 1.29 is 35.5 Å². The van der Waals surface area contributed by atoms with Crippen LogP contribution in [0.3, 0.4) is 0 Å². The second-order valence-corrected chi connectivity index (χ2v) is 10.1. The Labute approximate surface area is 222 Å². The average molecular weight is 561 g/mol. The second kappa shape index (κ2) is 11.7. The summed E-state index contributed by atoms with van der Waals surface area (Å²) in [5, 5.41) is 5.99. The lowest BCUT2D eigenvalue weighted by Gasteiger charge is -2.45. The number of alkyl halides is 6. The van der Waals surface area contributed by atoms with Crippen molar-refractivity contribution in [2.24, 2.45) is 0 Å². The van der Waals surface area contributed by atoms with Gasteiger partial charge in [0.05, 0.1) is 17.2 Å². The van der Waals surface area contributed by atoms with Gasteiger partial charge >= 0.3 is 18.4 Å². The molecule has 2 heterocycles. The summed E-state index contributed by atoms with van der Waals surface area (Å²) in [6.45, 7) is 5.52. The van der Waals surface area contributed by atoms with Crippen molar-refractivity contribution in [2.45, 2.75) is 50.6 Å². The maximum Gasteiger partial charge on any atom is 0.416 e. The summed E-state index contributed by atoms with van der Waals surface area (Å²) in [5.74, 6) is -0.388. The van der Waals surface area contributed by atoms with Crippen LogP contribution in [0.25, 0.3) is 0 Å². The van der Waals surface area contributed by atoms with Crippen LogP contribution in [0.1, 0.15) is 46.7 Å². The highest BCUT2D eigenvalue weighted by Gasteiger charge is 2.38. The first-order valence-corrected chi connectivity index (χ1v) is 12.9. The number of urea groups is 1. The van der Waals surface area contributed by atoms with Gasteiger partial charge in [-0.05, 0) is 73.2 Å². The fourth-order valence-corrected chi connectivity index (χ4v) is 5.46. The number of hydrogen-bond donors (Lipinski definition) is 2. The monoisotopic (exact) mass is 560 g/mol. The van der Waals surface area contributed by atoms with Gasteiger partial charge in [0, 0.05) is 45.3 Å². The summed E-state index contributed by atoms with van der Waals surface area (Å²) in [5.41, 5.74) is -1.46. The van der Waals surface area contributed by atoms with E-state index >= 15 is 0 Å². The van der Waals surface area contributed by atoms with Crippen LogP contribution in [0.15, 0.2) is 36.4 Å². The van der Waals surface area contributed by atoms with Gasteiger partial charge in [-0.1, -0.05) is 6.07 Å². The van der Waals surface area contributed by atoms with Crippen LogP contribution in [0.5, 0.6) is 0 Å². The minimum Gasteiger partial charge on any atom is -0.338 e. The van der Waals surface area contributed by atoms with Gasteiger partial charge in [-0.15, -0.1) is 0 Å². The fourth-order valence-electron chi connectivity index (χ4n) is 5.46. The number of nitrogens with zero attached hydrogens (tertiary/aromatic N) is 2. The van der Waals surface area contributed by atoms with Gasteiger partial charge in [0.25, 0.3) is 0 Å². The normalized spacial score (nSPS) is 21.2. The summed E-state index contributed by atoms with van der Waals surface area (Å²) in [6, 6.07) is 5.24. The molecule has 4 rings (SSSR count). The smallest absolute Gasteiger partial charge is 0.338 e. The Hall–Kier alpha value is -2.86. The number of aryl methyl sites for hydroxylation is 1. The minimum atomic E-state index is -4.94. The fraction of sp³-hybridized carbons (Fsp3) is 0.519. The molecule has 2 aliphatic heterocycles. The molecule has 2 aromatic carbocycles. The molecule has 2 N–H and O–H groups in total. The van der Waals surface area contributed by atoms with Crippen LogP contribution in [0, 0.1) is 12.7 Å². The van der Waals surface area contributed by atoms with E-state index in [1.165, 1.54) is 12.1 Å². The topological polar surface area (TPSA) is 47.6 Å². The first kappa shape index (κ1) is 29.1. The number of hydrogen-bond acceptors (Lipinski definition) is 3. The van der Waals surface area contributed by atoms with Crippen LogP contribution in [-0.4, -0.2) is 61.1 Å². The van der Waals surface area contributed by atoms with E-state index < -0.39 is 29.5 Å². The Bertz CT molecular complexity index is 1130. The third kappa shape index (κ3) is 7.21. The molecule has 0 spiro atoms. The summed E-state index contributed by atoms with van der Waals surface area (Å²) < 4.78 is 92.9. The second-order valence-electron chi connectivity index (χ2n) is 10.1. The summed E-state index contributed by atoms with van der Waals surface area (Å²) >= 11 is 0. The molecule has 2 amide bonds. The molecule has 5 nitrogen and oxygen atoms in total. The number of nitrogens with one attached hydrogen (secondary N) is 2. The lowest BCUT2D eigenvalue weighted by atomic mass is 9.88. The van der Waals surface area contributed by atoms with E-state index in [0.29, 0.717) is 37.1 Å². The first-order chi connectivity index (χ1) is 18.3. The van der Waals surface area contributed by atoms with Crippen molar-refractivity contribution in [2.75, 3.05) is 39.3 Å². The van der Waals surface area contributed by atoms with E-state index in [1.54, 1.807) is 17.9 Å². The number of rotatable bonds is 5. The third-order valence-corrected chi connectivity index (χ3v) is 7.43. The third-order valence-electron chi connectivity index (χ3n) is 7.43. The number of carbonyl (C=O) groups is 1. The summed E-state index contributed by atoms with van der Waals surface area (Å²) in [4.78, 5) is 17.3. The number of piperidine rings is 1. The van der Waals surface area contributed by atoms with Gasteiger partial charge in [-0.3, -0.25) is 4.90 Å². The zero-order chi connectivity index (χ0) is 28.4. The molecule has 2 aromatic rings. The highest BCUT2D eigenvalue weighted by atomic mass is 19.4. The molecule has 0 bridgehead atoms. The van der Waals surface area contributed by atoms with Crippen LogP contribution < -0.4 is 10.6 Å². The SMILES string of the molecule is Cc1cc(F)ccc1[C@H]1CC(N2CCNCC2)CCN1C(=O)NCCc1cc(C(F)(F)F)cc(C(F)(F)F)c1. The maximum atomic E-state index is 13.8. The molecule has 214 valence electrons. The van der Waals surface area contributed by atoms with E-state index in [9.17, 15) is 35.5 Å². The molecular weight excluding hydrogens is 529 g/mol. The molecule has 2 atom stereocenters. The van der Waals surface area contributed by atoms with Gasteiger partial charge in [0.1, 0.15) is 5.82 Å². The van der Waals surface area contributed by atoms with Crippen molar-refractivity contribution >= 4 is 6.03 Å². The predicted molar refractivity (Wildman–Crippen MR) is 132 cm³/mol. The average Bonchev–Trinajstić information content (AvgIpc) is 2.88. The summed E-state index contributed by atoms with van der Waals surface area (Å²) in [6.07, 6.45) is -8.74. The molecule has 2 aliphatic rings. The molecule has 0 saturated carbocycles. The molecule has 12 heteroatoms. The van der Waals surface area contributed by atoms with E-state index in [1.807, 2.05) is 0 Å². The van der Waals surface area contributed by atoms with Crippen molar-refractivity contribution in [3.63, 3.8) is 0 Å². The molecule has 0 aromatic heterocycles. The van der Waals surface area contributed by atoms with E-state index in [-0.39, 0.29) is 42.5 Å². The Morgan fingerprint density at radius 1 is 0.974 bits per heavy atom. The Balaban J connectivity index is 1.48. The zero-order valence-electron chi connectivity index (χ0n) is 21.4. The van der Waals surface area contributed by atoms with Crippen molar-refractivity contribution in [1.29, 1.82) is 0 Å². The Morgan fingerprint density at radius 2 is 1.62 bits per heavy atom. The highest BCUT2D eigenvalue weighted by Crippen LogP contribution is 2.37. The van der Waals surface area contributed by atoms with Gasteiger partial charge in [0.2, 0.25) is 0 Å². The molecule has 2 saturated heterocycles. The van der Waals surface area contributed by atoms with E-state index in [2.05, 4.69) is 15.5 Å². The maximum absolute atomic E-state index is 13.8. The minimum absolute atomic E-state index is 0.0836. The van der Waals surface area contributed by atoms with Crippen molar-refractivity contribution in [3.8, 4) is 0 Å². The molecular formula is C27H31F7N4O. The lowest BCUT2D eigenvalue weighted by molar-refractivity contribution is -0.143. The largest absolute Gasteiger partial charge is 0.416 e. The molecule has 1 unspecified atom stereocenters. The number of carbonyl (C=O) groups excluding carboxylic acids is 1. The van der Waals surface area contributed by atoms with Crippen LogP contribution in [0.2, 0.25) is 0 Å². The molecule has 39 heavy (non-hydrogen) atoms. The quantitative estimate of drug-likeness (QED) is 0.473. The number of benzene rings is 2. The number of amides is 2. The van der Waals surface area contributed by atoms with E-state index in [0.717, 1.165) is 31.7 Å². The molecule has 0 aliphatic carbocycles. The van der Waals surface area contributed by atoms with Crippen LogP contribution >= 0.6 is 0 Å². The van der Waals surface area contributed by atoms with E-state index in [4.69, 9.17) is 0 Å². The number of piperazine rings is 1. The highest BCUT2D eigenvalue weighted by molar-refractivity contribution is 5.75.